The normalized spacial score (nSPS) is 10.9. The molecule has 0 radical (unpaired) electrons. The summed E-state index contributed by atoms with van der Waals surface area (Å²) in [6.07, 6.45) is 1.03. The van der Waals surface area contributed by atoms with Crippen LogP contribution in [-0.4, -0.2) is 40.3 Å². The Bertz CT molecular complexity index is 303. The van der Waals surface area contributed by atoms with Crippen molar-refractivity contribution in [2.24, 2.45) is 5.73 Å². The molecule has 0 aliphatic carbocycles. The molecular formula is C10H20N4OS. The largest absolute Gasteiger partial charge is 0.382 e. The van der Waals surface area contributed by atoms with Gasteiger partial charge in [-0.05, 0) is 20.3 Å². The van der Waals surface area contributed by atoms with Gasteiger partial charge in [0.1, 0.15) is 5.82 Å². The summed E-state index contributed by atoms with van der Waals surface area (Å²) in [5, 5.41) is 9.15. The maximum Gasteiger partial charge on any atom is 0.191 e. The van der Waals surface area contributed by atoms with Gasteiger partial charge in [-0.3, -0.25) is 0 Å². The van der Waals surface area contributed by atoms with Crippen molar-refractivity contribution >= 4 is 11.8 Å². The molecule has 0 aliphatic rings. The van der Waals surface area contributed by atoms with E-state index < -0.39 is 0 Å². The summed E-state index contributed by atoms with van der Waals surface area (Å²) in [6.45, 7) is 6.96. The summed E-state index contributed by atoms with van der Waals surface area (Å²) >= 11 is 1.71. The highest BCUT2D eigenvalue weighted by atomic mass is 32.2. The van der Waals surface area contributed by atoms with Gasteiger partial charge in [-0.2, -0.15) is 0 Å². The molecule has 5 nitrogen and oxygen atoms in total. The second-order valence-electron chi connectivity index (χ2n) is 3.37. The second kappa shape index (κ2) is 7.65. The molecule has 0 atom stereocenters. The van der Waals surface area contributed by atoms with Gasteiger partial charge in [0, 0.05) is 32.1 Å². The lowest BCUT2D eigenvalue weighted by molar-refractivity contribution is 0.149. The van der Waals surface area contributed by atoms with Crippen LogP contribution < -0.4 is 5.73 Å². The van der Waals surface area contributed by atoms with Crippen molar-refractivity contribution in [3.63, 3.8) is 0 Å². The number of aromatic nitrogens is 3. The number of hydrogen-bond donors (Lipinski definition) is 1. The Labute approximate surface area is 101 Å². The van der Waals surface area contributed by atoms with Gasteiger partial charge in [-0.1, -0.05) is 11.8 Å². The zero-order valence-electron chi connectivity index (χ0n) is 9.98. The molecule has 0 saturated heterocycles. The van der Waals surface area contributed by atoms with Crippen LogP contribution in [0.4, 0.5) is 0 Å². The van der Waals surface area contributed by atoms with E-state index in [1.165, 1.54) is 0 Å². The van der Waals surface area contributed by atoms with E-state index in [0.717, 1.165) is 42.9 Å². The number of rotatable bonds is 8. The lowest BCUT2D eigenvalue weighted by Gasteiger charge is -2.06. The van der Waals surface area contributed by atoms with E-state index in [9.17, 15) is 0 Å². The molecule has 0 fully saturated rings. The molecular weight excluding hydrogens is 224 g/mol. The van der Waals surface area contributed by atoms with Crippen LogP contribution >= 0.6 is 11.8 Å². The van der Waals surface area contributed by atoms with Gasteiger partial charge < -0.3 is 15.0 Å². The van der Waals surface area contributed by atoms with Crippen LogP contribution in [0, 0.1) is 6.92 Å². The third-order valence-electron chi connectivity index (χ3n) is 2.12. The molecule has 92 valence electrons. The lowest BCUT2D eigenvalue weighted by atomic mass is 10.5. The van der Waals surface area contributed by atoms with Crippen molar-refractivity contribution in [1.29, 1.82) is 0 Å². The van der Waals surface area contributed by atoms with E-state index in [2.05, 4.69) is 14.8 Å². The van der Waals surface area contributed by atoms with Crippen LogP contribution in [0.3, 0.4) is 0 Å². The Kier molecular flexibility index (Phi) is 6.44. The van der Waals surface area contributed by atoms with E-state index in [-0.39, 0.29) is 0 Å². The Balaban J connectivity index is 2.35. The molecule has 0 spiro atoms. The van der Waals surface area contributed by atoms with Crippen LogP contribution in [0.15, 0.2) is 5.16 Å². The highest BCUT2D eigenvalue weighted by molar-refractivity contribution is 7.99. The Morgan fingerprint density at radius 2 is 2.25 bits per heavy atom. The van der Waals surface area contributed by atoms with Crippen LogP contribution in [0.2, 0.25) is 0 Å². The molecule has 0 aromatic carbocycles. The molecule has 0 bridgehead atoms. The molecule has 0 aliphatic heterocycles. The summed E-state index contributed by atoms with van der Waals surface area (Å²) in [7, 11) is 0. The van der Waals surface area contributed by atoms with Gasteiger partial charge in [-0.15, -0.1) is 10.2 Å². The van der Waals surface area contributed by atoms with Gasteiger partial charge in [0.25, 0.3) is 0 Å². The lowest BCUT2D eigenvalue weighted by Crippen LogP contribution is -2.12. The summed E-state index contributed by atoms with van der Waals surface area (Å²) < 4.78 is 7.34. The minimum atomic E-state index is 0.616. The smallest absolute Gasteiger partial charge is 0.191 e. The minimum absolute atomic E-state index is 0.616. The first-order valence-electron chi connectivity index (χ1n) is 5.60. The molecule has 0 unspecified atom stereocenters. The molecule has 0 amide bonds. The number of hydrogen-bond acceptors (Lipinski definition) is 5. The van der Waals surface area contributed by atoms with Crippen LogP contribution in [0.25, 0.3) is 0 Å². The third-order valence-corrected chi connectivity index (χ3v) is 3.18. The average Bonchev–Trinajstić information content (AvgIpc) is 2.62. The summed E-state index contributed by atoms with van der Waals surface area (Å²) in [5.41, 5.74) is 5.55. The maximum atomic E-state index is 5.55. The third kappa shape index (κ3) is 4.11. The van der Waals surface area contributed by atoms with Gasteiger partial charge in [-0.25, -0.2) is 0 Å². The van der Waals surface area contributed by atoms with E-state index in [1.54, 1.807) is 11.8 Å². The number of thioether (sulfide) groups is 1. The monoisotopic (exact) mass is 244 g/mol. The minimum Gasteiger partial charge on any atom is -0.382 e. The van der Waals surface area contributed by atoms with Crippen molar-refractivity contribution < 1.29 is 4.74 Å². The fourth-order valence-electron chi connectivity index (χ4n) is 1.32. The Hall–Kier alpha value is -0.590. The van der Waals surface area contributed by atoms with Crippen LogP contribution in [0.5, 0.6) is 0 Å². The molecule has 1 aromatic rings. The Morgan fingerprint density at radius 3 is 2.94 bits per heavy atom. The van der Waals surface area contributed by atoms with Crippen molar-refractivity contribution in [1.82, 2.24) is 14.8 Å². The predicted molar refractivity (Wildman–Crippen MR) is 65.6 cm³/mol. The van der Waals surface area contributed by atoms with E-state index in [4.69, 9.17) is 10.5 Å². The van der Waals surface area contributed by atoms with Crippen molar-refractivity contribution in [2.45, 2.75) is 32.0 Å². The van der Waals surface area contributed by atoms with Gasteiger partial charge >= 0.3 is 0 Å². The van der Waals surface area contributed by atoms with Crippen molar-refractivity contribution in [3.05, 3.63) is 5.82 Å². The zero-order chi connectivity index (χ0) is 11.8. The number of aryl methyl sites for hydroxylation is 1. The topological polar surface area (TPSA) is 66.0 Å². The first-order chi connectivity index (χ1) is 7.79. The number of nitrogens with two attached hydrogens (primary N) is 1. The van der Waals surface area contributed by atoms with Crippen molar-refractivity contribution in [2.75, 3.05) is 25.5 Å². The Morgan fingerprint density at radius 1 is 1.44 bits per heavy atom. The summed E-state index contributed by atoms with van der Waals surface area (Å²) in [6, 6.07) is 0. The molecule has 1 rings (SSSR count). The molecule has 16 heavy (non-hydrogen) atoms. The quantitative estimate of drug-likeness (QED) is 0.547. The van der Waals surface area contributed by atoms with E-state index in [1.807, 2.05) is 13.8 Å². The van der Waals surface area contributed by atoms with Gasteiger partial charge in [0.15, 0.2) is 5.16 Å². The standard InChI is InChI=1S/C10H20N4OS/c1-3-15-7-4-8-16-10-13-12-9(2)14(10)6-5-11/h3-8,11H2,1-2H3. The highest BCUT2D eigenvalue weighted by Crippen LogP contribution is 2.17. The molecule has 6 heteroatoms. The zero-order valence-corrected chi connectivity index (χ0v) is 10.8. The molecule has 0 saturated carbocycles. The van der Waals surface area contributed by atoms with Gasteiger partial charge in [0.05, 0.1) is 0 Å². The maximum absolute atomic E-state index is 5.55. The summed E-state index contributed by atoms with van der Waals surface area (Å²) in [4.78, 5) is 0. The van der Waals surface area contributed by atoms with E-state index in [0.29, 0.717) is 6.54 Å². The average molecular weight is 244 g/mol. The molecule has 1 heterocycles. The SMILES string of the molecule is CCOCCCSc1nnc(C)n1CCN. The first kappa shape index (κ1) is 13.5. The fourth-order valence-corrected chi connectivity index (χ4v) is 2.25. The van der Waals surface area contributed by atoms with Gasteiger partial charge in [0.2, 0.25) is 0 Å². The van der Waals surface area contributed by atoms with Crippen LogP contribution in [-0.2, 0) is 11.3 Å². The highest BCUT2D eigenvalue weighted by Gasteiger charge is 2.07. The number of ether oxygens (including phenoxy) is 1. The van der Waals surface area contributed by atoms with Crippen LogP contribution in [0.1, 0.15) is 19.2 Å². The first-order valence-corrected chi connectivity index (χ1v) is 6.58. The van der Waals surface area contributed by atoms with E-state index >= 15 is 0 Å². The summed E-state index contributed by atoms with van der Waals surface area (Å²) in [5.74, 6) is 1.93. The fraction of sp³-hybridized carbons (Fsp3) is 0.800. The van der Waals surface area contributed by atoms with Crippen molar-refractivity contribution in [3.8, 4) is 0 Å². The molecule has 1 aromatic heterocycles. The molecule has 2 N–H and O–H groups in total. The predicted octanol–water partition coefficient (Wildman–Crippen LogP) is 1.06. The number of nitrogens with zero attached hydrogens (tertiary/aromatic N) is 3. The second-order valence-corrected chi connectivity index (χ2v) is 4.43.